The van der Waals surface area contributed by atoms with Crippen molar-refractivity contribution in [2.45, 2.75) is 34.1 Å². The SMILES string of the molecule is Cc1ccc(N(C2=CCC(C)C=C2)c2ccc(-c3ccc(-c4ccc(-c5ccc(N(c6ccc(C)cc6)c6ccc(C)cc6)cc5)cc4)cc3)cc2)cc1. The summed E-state index contributed by atoms with van der Waals surface area (Å²) in [5.41, 5.74) is 18.0. The fourth-order valence-corrected chi connectivity index (χ4v) is 7.17. The quantitative estimate of drug-likeness (QED) is 0.148. The highest BCUT2D eigenvalue weighted by atomic mass is 15.1. The summed E-state index contributed by atoms with van der Waals surface area (Å²) in [5.74, 6) is 0.570. The zero-order chi connectivity index (χ0) is 37.0. The first-order valence-corrected chi connectivity index (χ1v) is 19.0. The first-order valence-electron chi connectivity index (χ1n) is 19.0. The van der Waals surface area contributed by atoms with Crippen LogP contribution in [0.2, 0.25) is 0 Å². The van der Waals surface area contributed by atoms with E-state index in [1.807, 2.05) is 0 Å². The molecule has 0 spiro atoms. The van der Waals surface area contributed by atoms with Crippen LogP contribution in [0.5, 0.6) is 0 Å². The van der Waals surface area contributed by atoms with Crippen LogP contribution in [0, 0.1) is 26.7 Å². The van der Waals surface area contributed by atoms with E-state index in [0.29, 0.717) is 5.92 Å². The van der Waals surface area contributed by atoms with Gasteiger partial charge in [-0.15, -0.1) is 0 Å². The van der Waals surface area contributed by atoms with Gasteiger partial charge in [-0.1, -0.05) is 145 Å². The lowest BCUT2D eigenvalue weighted by Gasteiger charge is -2.28. The standard InChI is InChI=1S/C52H46N2/c1-37-5-25-47(26-6-37)53(48-27-7-38(2)8-28-48)51-33-21-45(22-34-51)43-17-13-41(14-18-43)42-15-19-44(20-16-42)46-23-35-52(36-24-46)54(49-29-9-39(3)10-30-49)50-31-11-40(4)12-32-50/h5-11,13-36,40H,12H2,1-4H3. The molecule has 2 heteroatoms. The molecule has 1 unspecified atom stereocenters. The first kappa shape index (κ1) is 34.7. The third-order valence-corrected chi connectivity index (χ3v) is 10.4. The number of hydrogen-bond acceptors (Lipinski definition) is 2. The maximum absolute atomic E-state index is 2.36. The number of anilines is 5. The van der Waals surface area contributed by atoms with Gasteiger partial charge in [0.15, 0.2) is 0 Å². The molecule has 7 aromatic carbocycles. The summed E-state index contributed by atoms with van der Waals surface area (Å²) in [4.78, 5) is 4.68. The van der Waals surface area contributed by atoms with Crippen LogP contribution in [0.3, 0.4) is 0 Å². The van der Waals surface area contributed by atoms with Crippen LogP contribution in [0.1, 0.15) is 30.0 Å². The van der Waals surface area contributed by atoms with Crippen LogP contribution in [0.15, 0.2) is 194 Å². The third kappa shape index (κ3) is 7.56. The summed E-state index contributed by atoms with van der Waals surface area (Å²) in [6.07, 6.45) is 7.98. The number of benzene rings is 7. The Bertz CT molecular complexity index is 2340. The minimum absolute atomic E-state index is 0.570. The van der Waals surface area contributed by atoms with Gasteiger partial charge in [0.25, 0.3) is 0 Å². The molecule has 0 aromatic heterocycles. The van der Waals surface area contributed by atoms with Gasteiger partial charge < -0.3 is 9.80 Å². The van der Waals surface area contributed by atoms with Crippen molar-refractivity contribution in [1.29, 1.82) is 0 Å². The van der Waals surface area contributed by atoms with Crippen LogP contribution < -0.4 is 9.80 Å². The largest absolute Gasteiger partial charge is 0.311 e. The molecule has 264 valence electrons. The molecular weight excluding hydrogens is 653 g/mol. The molecule has 8 rings (SSSR count). The molecule has 1 aliphatic rings. The third-order valence-electron chi connectivity index (χ3n) is 10.4. The fourth-order valence-electron chi connectivity index (χ4n) is 7.17. The predicted molar refractivity (Wildman–Crippen MR) is 231 cm³/mol. The van der Waals surface area contributed by atoms with Crippen LogP contribution in [-0.2, 0) is 0 Å². The van der Waals surface area contributed by atoms with Gasteiger partial charge in [0.2, 0.25) is 0 Å². The first-order chi connectivity index (χ1) is 26.4. The molecule has 54 heavy (non-hydrogen) atoms. The maximum atomic E-state index is 2.36. The van der Waals surface area contributed by atoms with Crippen molar-refractivity contribution < 1.29 is 0 Å². The lowest BCUT2D eigenvalue weighted by atomic mass is 9.97. The number of allylic oxidation sites excluding steroid dienone is 3. The summed E-state index contributed by atoms with van der Waals surface area (Å²) in [7, 11) is 0. The molecule has 0 heterocycles. The molecule has 0 fully saturated rings. The highest BCUT2D eigenvalue weighted by Gasteiger charge is 2.17. The van der Waals surface area contributed by atoms with Crippen molar-refractivity contribution in [2.24, 2.45) is 5.92 Å². The second kappa shape index (κ2) is 15.3. The van der Waals surface area contributed by atoms with Gasteiger partial charge in [-0.25, -0.2) is 0 Å². The van der Waals surface area contributed by atoms with Crippen molar-refractivity contribution in [3.8, 4) is 33.4 Å². The van der Waals surface area contributed by atoms with E-state index in [4.69, 9.17) is 0 Å². The Balaban J connectivity index is 0.983. The zero-order valence-corrected chi connectivity index (χ0v) is 31.6. The van der Waals surface area contributed by atoms with E-state index in [-0.39, 0.29) is 0 Å². The van der Waals surface area contributed by atoms with Gasteiger partial charge in [0.05, 0.1) is 0 Å². The Hall–Kier alpha value is -6.38. The molecule has 0 saturated carbocycles. The fraction of sp³-hybridized carbons (Fsp3) is 0.115. The summed E-state index contributed by atoms with van der Waals surface area (Å²) < 4.78 is 0. The Kier molecular flexibility index (Phi) is 9.83. The van der Waals surface area contributed by atoms with Crippen molar-refractivity contribution in [3.05, 3.63) is 210 Å². The Morgan fingerprint density at radius 1 is 0.352 bits per heavy atom. The predicted octanol–water partition coefficient (Wildman–Crippen LogP) is 14.7. The van der Waals surface area contributed by atoms with E-state index in [2.05, 4.69) is 226 Å². The molecule has 7 aromatic rings. The summed E-state index contributed by atoms with van der Waals surface area (Å²) in [6.45, 7) is 8.66. The van der Waals surface area contributed by atoms with Crippen LogP contribution in [0.4, 0.5) is 28.4 Å². The molecule has 0 aliphatic heterocycles. The van der Waals surface area contributed by atoms with Crippen LogP contribution >= 0.6 is 0 Å². The molecule has 0 radical (unpaired) electrons. The molecule has 0 N–H and O–H groups in total. The second-order valence-electron chi connectivity index (χ2n) is 14.6. The number of hydrogen-bond donors (Lipinski definition) is 0. The molecular formula is C52H46N2. The zero-order valence-electron chi connectivity index (χ0n) is 31.6. The maximum Gasteiger partial charge on any atom is 0.0462 e. The normalized spacial score (nSPS) is 13.7. The van der Waals surface area contributed by atoms with Crippen LogP contribution in [0.25, 0.3) is 33.4 Å². The van der Waals surface area contributed by atoms with E-state index < -0.39 is 0 Å². The van der Waals surface area contributed by atoms with Gasteiger partial charge in [-0.3, -0.25) is 0 Å². The van der Waals surface area contributed by atoms with E-state index in [0.717, 1.165) is 29.2 Å². The van der Waals surface area contributed by atoms with Gasteiger partial charge in [-0.05, 0) is 133 Å². The average molecular weight is 699 g/mol. The lowest BCUT2D eigenvalue weighted by Crippen LogP contribution is -2.17. The average Bonchev–Trinajstić information content (AvgIpc) is 3.22. The van der Waals surface area contributed by atoms with Gasteiger partial charge in [-0.2, -0.15) is 0 Å². The minimum Gasteiger partial charge on any atom is -0.311 e. The smallest absolute Gasteiger partial charge is 0.0462 e. The highest BCUT2D eigenvalue weighted by Crippen LogP contribution is 2.37. The van der Waals surface area contributed by atoms with Crippen molar-refractivity contribution in [3.63, 3.8) is 0 Å². The topological polar surface area (TPSA) is 6.48 Å². The van der Waals surface area contributed by atoms with Gasteiger partial charge in [0, 0.05) is 34.1 Å². The van der Waals surface area contributed by atoms with Gasteiger partial charge in [0.1, 0.15) is 0 Å². The highest BCUT2D eigenvalue weighted by molar-refractivity contribution is 5.80. The molecule has 1 aliphatic carbocycles. The Morgan fingerprint density at radius 2 is 0.611 bits per heavy atom. The Labute approximate surface area is 321 Å². The molecule has 1 atom stereocenters. The number of nitrogens with zero attached hydrogens (tertiary/aromatic N) is 2. The van der Waals surface area contributed by atoms with E-state index in [9.17, 15) is 0 Å². The molecule has 0 amide bonds. The molecule has 2 nitrogen and oxygen atoms in total. The van der Waals surface area contributed by atoms with E-state index >= 15 is 0 Å². The Morgan fingerprint density at radius 3 is 0.889 bits per heavy atom. The summed E-state index contributed by atoms with van der Waals surface area (Å²) in [5, 5.41) is 0. The van der Waals surface area contributed by atoms with E-state index in [1.54, 1.807) is 0 Å². The number of aryl methyl sites for hydroxylation is 3. The lowest BCUT2D eigenvalue weighted by molar-refractivity contribution is 0.728. The number of rotatable bonds is 9. The van der Waals surface area contributed by atoms with Crippen molar-refractivity contribution in [1.82, 2.24) is 0 Å². The van der Waals surface area contributed by atoms with Crippen molar-refractivity contribution in [2.75, 3.05) is 9.80 Å². The van der Waals surface area contributed by atoms with E-state index in [1.165, 1.54) is 61.5 Å². The summed E-state index contributed by atoms with van der Waals surface area (Å²) >= 11 is 0. The summed E-state index contributed by atoms with van der Waals surface area (Å²) in [6, 6.07) is 62.0. The van der Waals surface area contributed by atoms with Gasteiger partial charge >= 0.3 is 0 Å². The molecule has 0 bridgehead atoms. The van der Waals surface area contributed by atoms with Crippen molar-refractivity contribution >= 4 is 28.4 Å². The molecule has 0 saturated heterocycles. The monoisotopic (exact) mass is 698 g/mol. The minimum atomic E-state index is 0.570. The second-order valence-corrected chi connectivity index (χ2v) is 14.6. The van der Waals surface area contributed by atoms with Crippen LogP contribution in [-0.4, -0.2) is 0 Å².